The zero-order valence-electron chi connectivity index (χ0n) is 12.0. The number of carbonyl (C=O) groups is 2. The summed E-state index contributed by atoms with van der Waals surface area (Å²) in [7, 11) is 1.28. The topological polar surface area (TPSA) is 55.4 Å². The molecular weight excluding hydrogens is 349 g/mol. The molecule has 0 fully saturated rings. The minimum Gasteiger partial charge on any atom is -0.468 e. The van der Waals surface area contributed by atoms with Gasteiger partial charge in [-0.05, 0) is 24.5 Å². The van der Waals surface area contributed by atoms with Gasteiger partial charge < -0.3 is 10.1 Å². The Bertz CT molecular complexity index is 634. The molecule has 2 rings (SSSR count). The quantitative estimate of drug-likeness (QED) is 0.494. The van der Waals surface area contributed by atoms with Crippen molar-refractivity contribution in [2.45, 2.75) is 13.3 Å². The molecule has 7 heteroatoms. The van der Waals surface area contributed by atoms with Crippen molar-refractivity contribution in [3.05, 3.63) is 39.0 Å². The Balaban J connectivity index is 2.21. The maximum Gasteiger partial charge on any atom is 0.316 e. The molecular formula is C15H14Cl3NO3. The molecule has 0 saturated carbocycles. The van der Waals surface area contributed by atoms with Gasteiger partial charge in [0.1, 0.15) is 5.92 Å². The monoisotopic (exact) mass is 361 g/mol. The van der Waals surface area contributed by atoms with Gasteiger partial charge in [0.05, 0.1) is 22.2 Å². The summed E-state index contributed by atoms with van der Waals surface area (Å²) >= 11 is 17.8. The van der Waals surface area contributed by atoms with Gasteiger partial charge in [0.15, 0.2) is 5.78 Å². The second-order valence-corrected chi connectivity index (χ2v) is 6.33. The SMILES string of the molecule is COC(=O)[C@@H]1C(=O)C=C(Nc2cc(Cl)c(Cl)c(Cl)c2)C[C@H]1C. The van der Waals surface area contributed by atoms with E-state index in [0.717, 1.165) is 0 Å². The molecule has 0 radical (unpaired) electrons. The molecule has 0 aliphatic heterocycles. The fourth-order valence-electron chi connectivity index (χ4n) is 2.44. The number of esters is 1. The van der Waals surface area contributed by atoms with Gasteiger partial charge in [0.2, 0.25) is 0 Å². The Hall–Kier alpha value is -1.23. The molecule has 0 unspecified atom stereocenters. The van der Waals surface area contributed by atoms with Crippen LogP contribution < -0.4 is 5.32 Å². The Morgan fingerprint density at radius 2 is 1.86 bits per heavy atom. The van der Waals surface area contributed by atoms with Gasteiger partial charge in [0.25, 0.3) is 0 Å². The van der Waals surface area contributed by atoms with E-state index in [1.54, 1.807) is 12.1 Å². The minimum atomic E-state index is -0.757. The zero-order valence-corrected chi connectivity index (χ0v) is 14.2. The number of ether oxygens (including phenoxy) is 1. The highest BCUT2D eigenvalue weighted by atomic mass is 35.5. The first-order valence-electron chi connectivity index (χ1n) is 6.57. The molecule has 2 atom stereocenters. The van der Waals surface area contributed by atoms with Crippen LogP contribution in [0.1, 0.15) is 13.3 Å². The molecule has 0 amide bonds. The fourth-order valence-corrected chi connectivity index (χ4v) is 3.04. The van der Waals surface area contributed by atoms with Gasteiger partial charge in [-0.1, -0.05) is 41.7 Å². The lowest BCUT2D eigenvalue weighted by atomic mass is 9.82. The van der Waals surface area contributed by atoms with E-state index in [2.05, 4.69) is 10.1 Å². The molecule has 0 aromatic heterocycles. The summed E-state index contributed by atoms with van der Waals surface area (Å²) < 4.78 is 4.67. The van der Waals surface area contributed by atoms with E-state index in [1.165, 1.54) is 13.2 Å². The molecule has 1 aliphatic rings. The molecule has 1 aromatic rings. The average Bonchev–Trinajstić information content (AvgIpc) is 2.43. The lowest BCUT2D eigenvalue weighted by Crippen LogP contribution is -2.34. The van der Waals surface area contributed by atoms with Gasteiger partial charge in [-0.3, -0.25) is 9.59 Å². The van der Waals surface area contributed by atoms with Crippen LogP contribution in [0.3, 0.4) is 0 Å². The first kappa shape index (κ1) is 17.1. The highest BCUT2D eigenvalue weighted by molar-refractivity contribution is 6.48. The Morgan fingerprint density at radius 1 is 1.27 bits per heavy atom. The number of carbonyl (C=O) groups excluding carboxylic acids is 2. The second-order valence-electron chi connectivity index (χ2n) is 5.13. The molecule has 4 nitrogen and oxygen atoms in total. The third-order valence-electron chi connectivity index (χ3n) is 3.48. The van der Waals surface area contributed by atoms with Crippen LogP contribution in [0, 0.1) is 11.8 Å². The Labute approximate surface area is 143 Å². The number of benzene rings is 1. The lowest BCUT2D eigenvalue weighted by Gasteiger charge is -2.26. The summed E-state index contributed by atoms with van der Waals surface area (Å²) in [5, 5.41) is 4.01. The average molecular weight is 363 g/mol. The number of hydrogen-bond donors (Lipinski definition) is 1. The van der Waals surface area contributed by atoms with E-state index in [1.807, 2.05) is 6.92 Å². The van der Waals surface area contributed by atoms with Crippen LogP contribution in [-0.2, 0) is 14.3 Å². The Morgan fingerprint density at radius 3 is 2.36 bits per heavy atom. The van der Waals surface area contributed by atoms with Gasteiger partial charge in [-0.2, -0.15) is 0 Å². The van der Waals surface area contributed by atoms with E-state index in [0.29, 0.717) is 27.9 Å². The number of ketones is 1. The minimum absolute atomic E-state index is 0.161. The highest BCUT2D eigenvalue weighted by Crippen LogP contribution is 2.35. The van der Waals surface area contributed by atoms with Crippen molar-refractivity contribution >= 4 is 52.2 Å². The predicted octanol–water partition coefficient (Wildman–Crippen LogP) is 4.34. The summed E-state index contributed by atoms with van der Waals surface area (Å²) in [6.45, 7) is 1.83. The van der Waals surface area contributed by atoms with Crippen LogP contribution in [-0.4, -0.2) is 18.9 Å². The van der Waals surface area contributed by atoms with Crippen LogP contribution in [0.25, 0.3) is 0 Å². The first-order valence-corrected chi connectivity index (χ1v) is 7.70. The molecule has 0 saturated heterocycles. The van der Waals surface area contributed by atoms with E-state index in [9.17, 15) is 9.59 Å². The van der Waals surface area contributed by atoms with Crippen molar-refractivity contribution in [3.8, 4) is 0 Å². The number of methoxy groups -OCH3 is 1. The van der Waals surface area contributed by atoms with Crippen molar-refractivity contribution in [3.63, 3.8) is 0 Å². The summed E-state index contributed by atoms with van der Waals surface area (Å²) in [6, 6.07) is 3.25. The maximum absolute atomic E-state index is 12.1. The third kappa shape index (κ3) is 3.57. The van der Waals surface area contributed by atoms with Gasteiger partial charge in [-0.25, -0.2) is 0 Å². The Kier molecular flexibility index (Phi) is 5.37. The molecule has 22 heavy (non-hydrogen) atoms. The van der Waals surface area contributed by atoms with Crippen molar-refractivity contribution in [2.75, 3.05) is 12.4 Å². The van der Waals surface area contributed by atoms with Crippen molar-refractivity contribution < 1.29 is 14.3 Å². The van der Waals surface area contributed by atoms with Crippen molar-refractivity contribution in [1.82, 2.24) is 0 Å². The van der Waals surface area contributed by atoms with Crippen LogP contribution >= 0.6 is 34.8 Å². The lowest BCUT2D eigenvalue weighted by molar-refractivity contribution is -0.150. The predicted molar refractivity (Wildman–Crippen MR) is 87.5 cm³/mol. The maximum atomic E-state index is 12.1. The van der Waals surface area contributed by atoms with E-state index >= 15 is 0 Å². The van der Waals surface area contributed by atoms with Crippen LogP contribution in [0.2, 0.25) is 15.1 Å². The standard InChI is InChI=1S/C15H14Cl3NO3/c1-7-3-8(6-12(20)13(7)15(21)22-2)19-9-4-10(16)14(18)11(17)5-9/h4-7,13,19H,3H2,1-2H3/t7-,13+/m1/s1. The summed E-state index contributed by atoms with van der Waals surface area (Å²) in [5.74, 6) is -1.71. The third-order valence-corrected chi connectivity index (χ3v) is 4.67. The molecule has 0 spiro atoms. The van der Waals surface area contributed by atoms with E-state index in [-0.39, 0.29) is 16.7 Å². The molecule has 1 aromatic carbocycles. The van der Waals surface area contributed by atoms with Crippen LogP contribution in [0.4, 0.5) is 5.69 Å². The van der Waals surface area contributed by atoms with Crippen LogP contribution in [0.5, 0.6) is 0 Å². The number of rotatable bonds is 3. The van der Waals surface area contributed by atoms with Gasteiger partial charge >= 0.3 is 5.97 Å². The highest BCUT2D eigenvalue weighted by Gasteiger charge is 2.35. The number of allylic oxidation sites excluding steroid dienone is 2. The van der Waals surface area contributed by atoms with Crippen LogP contribution in [0.15, 0.2) is 23.9 Å². The molecule has 0 heterocycles. The molecule has 1 N–H and O–H groups in total. The van der Waals surface area contributed by atoms with Crippen molar-refractivity contribution in [1.29, 1.82) is 0 Å². The second kappa shape index (κ2) is 6.90. The first-order chi connectivity index (χ1) is 10.3. The largest absolute Gasteiger partial charge is 0.468 e. The zero-order chi connectivity index (χ0) is 16.4. The van der Waals surface area contributed by atoms with Gasteiger partial charge in [0, 0.05) is 17.5 Å². The summed E-state index contributed by atoms with van der Waals surface area (Å²) in [6.07, 6.45) is 1.95. The number of anilines is 1. The molecule has 1 aliphatic carbocycles. The van der Waals surface area contributed by atoms with E-state index < -0.39 is 11.9 Å². The van der Waals surface area contributed by atoms with E-state index in [4.69, 9.17) is 34.8 Å². The number of hydrogen-bond acceptors (Lipinski definition) is 4. The normalized spacial score (nSPS) is 21.3. The fraction of sp³-hybridized carbons (Fsp3) is 0.333. The number of halogens is 3. The molecule has 118 valence electrons. The summed E-state index contributed by atoms with van der Waals surface area (Å²) in [5.41, 5.74) is 1.31. The number of nitrogens with one attached hydrogen (secondary N) is 1. The van der Waals surface area contributed by atoms with Gasteiger partial charge in [-0.15, -0.1) is 0 Å². The smallest absolute Gasteiger partial charge is 0.316 e. The van der Waals surface area contributed by atoms with Crippen molar-refractivity contribution in [2.24, 2.45) is 11.8 Å². The molecule has 0 bridgehead atoms. The summed E-state index contributed by atoms with van der Waals surface area (Å²) in [4.78, 5) is 23.7.